The highest BCUT2D eigenvalue weighted by molar-refractivity contribution is 7.92. The third kappa shape index (κ3) is 5.57. The Kier molecular flexibility index (Phi) is 7.18. The lowest BCUT2D eigenvalue weighted by atomic mass is 9.99. The molecule has 0 radical (unpaired) electrons. The molecule has 194 valence electrons. The summed E-state index contributed by atoms with van der Waals surface area (Å²) in [6.07, 6.45) is 0.149. The second-order valence-electron chi connectivity index (χ2n) is 8.15. The number of hydrogen-bond acceptors (Lipinski definition) is 8. The smallest absolute Gasteiger partial charge is 0.279 e. The van der Waals surface area contributed by atoms with E-state index in [-0.39, 0.29) is 22.8 Å². The SMILES string of the molecule is CCS(=O)(=O)Nc1ccc(C2=NN(S(=O)(=O)c3ccc(OC)cc3)C(c3cccc([N+](=O)[O-])c3)C2)cc1. The summed E-state index contributed by atoms with van der Waals surface area (Å²) in [7, 11) is -6.13. The zero-order chi connectivity index (χ0) is 26.8. The third-order valence-electron chi connectivity index (χ3n) is 5.81. The lowest BCUT2D eigenvalue weighted by molar-refractivity contribution is -0.384. The molecule has 37 heavy (non-hydrogen) atoms. The van der Waals surface area contributed by atoms with Gasteiger partial charge >= 0.3 is 0 Å². The minimum Gasteiger partial charge on any atom is -0.497 e. The number of ether oxygens (including phenoxy) is 1. The number of methoxy groups -OCH3 is 1. The van der Waals surface area contributed by atoms with Crippen molar-refractivity contribution in [2.45, 2.75) is 24.3 Å². The molecule has 1 atom stereocenters. The number of benzene rings is 3. The third-order valence-corrected chi connectivity index (χ3v) is 8.82. The van der Waals surface area contributed by atoms with Crippen LogP contribution in [-0.4, -0.2) is 44.7 Å². The molecule has 1 N–H and O–H groups in total. The van der Waals surface area contributed by atoms with Crippen LogP contribution in [0, 0.1) is 10.1 Å². The molecule has 0 saturated carbocycles. The number of hydrogen-bond donors (Lipinski definition) is 1. The Morgan fingerprint density at radius 2 is 1.73 bits per heavy atom. The van der Waals surface area contributed by atoms with Crippen molar-refractivity contribution < 1.29 is 26.5 Å². The Labute approximate surface area is 214 Å². The van der Waals surface area contributed by atoms with Crippen LogP contribution in [0.1, 0.15) is 30.5 Å². The number of rotatable bonds is 9. The van der Waals surface area contributed by atoms with Crippen molar-refractivity contribution in [2.75, 3.05) is 17.6 Å². The van der Waals surface area contributed by atoms with E-state index < -0.39 is 31.0 Å². The summed E-state index contributed by atoms with van der Waals surface area (Å²) >= 11 is 0. The summed E-state index contributed by atoms with van der Waals surface area (Å²) in [6, 6.07) is 17.2. The molecule has 0 aromatic heterocycles. The van der Waals surface area contributed by atoms with Crippen LogP contribution < -0.4 is 9.46 Å². The number of non-ortho nitro benzene ring substituents is 1. The van der Waals surface area contributed by atoms with Crippen molar-refractivity contribution in [1.82, 2.24) is 4.41 Å². The molecule has 0 fully saturated rings. The highest BCUT2D eigenvalue weighted by Gasteiger charge is 2.38. The Balaban J connectivity index is 1.74. The minimum atomic E-state index is -4.14. The average molecular weight is 545 g/mol. The second kappa shape index (κ2) is 10.2. The number of nitrogens with zero attached hydrogens (tertiary/aromatic N) is 3. The molecule has 0 saturated heterocycles. The average Bonchev–Trinajstić information content (AvgIpc) is 3.35. The van der Waals surface area contributed by atoms with Crippen molar-refractivity contribution in [3.63, 3.8) is 0 Å². The first kappa shape index (κ1) is 26.1. The first-order valence-corrected chi connectivity index (χ1v) is 14.2. The van der Waals surface area contributed by atoms with Gasteiger partial charge in [-0.1, -0.05) is 24.3 Å². The molecule has 0 spiro atoms. The van der Waals surface area contributed by atoms with Gasteiger partial charge in [-0.15, -0.1) is 0 Å². The van der Waals surface area contributed by atoms with Gasteiger partial charge in [0.2, 0.25) is 10.0 Å². The number of nitro groups is 1. The van der Waals surface area contributed by atoms with E-state index in [0.717, 1.165) is 4.41 Å². The predicted molar refractivity (Wildman–Crippen MR) is 139 cm³/mol. The molecule has 1 heterocycles. The lowest BCUT2D eigenvalue weighted by Crippen LogP contribution is -2.27. The Hall–Kier alpha value is -3.97. The first-order valence-electron chi connectivity index (χ1n) is 11.2. The van der Waals surface area contributed by atoms with Crippen LogP contribution in [0.4, 0.5) is 11.4 Å². The molecular weight excluding hydrogens is 520 g/mol. The van der Waals surface area contributed by atoms with E-state index >= 15 is 0 Å². The zero-order valence-electron chi connectivity index (χ0n) is 19.9. The Morgan fingerprint density at radius 3 is 2.32 bits per heavy atom. The van der Waals surface area contributed by atoms with Crippen LogP contribution in [0.25, 0.3) is 0 Å². The molecule has 0 amide bonds. The summed E-state index contributed by atoms with van der Waals surface area (Å²) in [5.41, 5.74) is 1.63. The Bertz CT molecular complexity index is 1550. The van der Waals surface area contributed by atoms with Crippen LogP contribution in [-0.2, 0) is 20.0 Å². The summed E-state index contributed by atoms with van der Waals surface area (Å²) in [5, 5.41) is 15.8. The number of anilines is 1. The van der Waals surface area contributed by atoms with Gasteiger partial charge in [0.1, 0.15) is 5.75 Å². The van der Waals surface area contributed by atoms with Gasteiger partial charge in [-0.25, -0.2) is 8.42 Å². The van der Waals surface area contributed by atoms with E-state index in [0.29, 0.717) is 28.3 Å². The maximum Gasteiger partial charge on any atom is 0.279 e. The van der Waals surface area contributed by atoms with Crippen LogP contribution in [0.2, 0.25) is 0 Å². The van der Waals surface area contributed by atoms with Gasteiger partial charge in [-0.3, -0.25) is 14.8 Å². The summed E-state index contributed by atoms with van der Waals surface area (Å²) in [5.74, 6) is 0.406. The van der Waals surface area contributed by atoms with Gasteiger partial charge in [-0.2, -0.15) is 17.9 Å². The van der Waals surface area contributed by atoms with Gasteiger partial charge in [0, 0.05) is 24.2 Å². The number of nitrogens with one attached hydrogen (secondary N) is 1. The van der Waals surface area contributed by atoms with Crippen molar-refractivity contribution in [1.29, 1.82) is 0 Å². The van der Waals surface area contributed by atoms with Crippen LogP contribution in [0.15, 0.2) is 82.8 Å². The fraction of sp³-hybridized carbons (Fsp3) is 0.208. The normalized spacial score (nSPS) is 15.8. The van der Waals surface area contributed by atoms with Crippen molar-refractivity contribution >= 4 is 37.1 Å². The Morgan fingerprint density at radius 1 is 1.05 bits per heavy atom. The standard InChI is InChI=1S/C24H24N4O7S2/c1-3-36(31,32)26-19-9-7-17(8-10-19)23-16-24(18-5-4-6-20(15-18)28(29)30)27(25-23)37(33,34)22-13-11-21(35-2)12-14-22/h4-15,24,26H,3,16H2,1-2H3. The summed E-state index contributed by atoms with van der Waals surface area (Å²) < 4.78 is 59.5. The van der Waals surface area contributed by atoms with E-state index in [1.807, 2.05) is 0 Å². The fourth-order valence-electron chi connectivity index (χ4n) is 3.82. The fourth-order valence-corrected chi connectivity index (χ4v) is 5.89. The topological polar surface area (TPSA) is 148 Å². The van der Waals surface area contributed by atoms with Gasteiger partial charge in [0.15, 0.2) is 0 Å². The molecular formula is C24H24N4O7S2. The predicted octanol–water partition coefficient (Wildman–Crippen LogP) is 3.91. The highest BCUT2D eigenvalue weighted by atomic mass is 32.2. The molecule has 13 heteroatoms. The van der Waals surface area contributed by atoms with E-state index in [1.54, 1.807) is 30.3 Å². The van der Waals surface area contributed by atoms with Crippen LogP contribution in [0.5, 0.6) is 5.75 Å². The monoisotopic (exact) mass is 544 g/mol. The molecule has 1 aliphatic heterocycles. The quantitative estimate of drug-likeness (QED) is 0.317. The summed E-state index contributed by atoms with van der Waals surface area (Å²) in [6.45, 7) is 1.52. The first-order chi connectivity index (χ1) is 17.5. The van der Waals surface area contributed by atoms with Crippen molar-refractivity contribution in [2.24, 2.45) is 5.10 Å². The molecule has 11 nitrogen and oxygen atoms in total. The molecule has 1 unspecified atom stereocenters. The maximum absolute atomic E-state index is 13.6. The number of sulfonamides is 2. The molecule has 0 aliphatic carbocycles. The number of nitro benzene ring substituents is 1. The van der Waals surface area contributed by atoms with Crippen molar-refractivity contribution in [3.05, 3.63) is 94.0 Å². The maximum atomic E-state index is 13.6. The molecule has 4 rings (SSSR count). The van der Waals surface area contributed by atoms with E-state index in [4.69, 9.17) is 4.74 Å². The molecule has 3 aromatic carbocycles. The van der Waals surface area contributed by atoms with Gasteiger partial charge < -0.3 is 4.74 Å². The molecule has 1 aliphatic rings. The van der Waals surface area contributed by atoms with Gasteiger partial charge in [-0.05, 0) is 54.4 Å². The highest BCUT2D eigenvalue weighted by Crippen LogP contribution is 2.38. The van der Waals surface area contributed by atoms with E-state index in [2.05, 4.69) is 9.82 Å². The number of hydrazone groups is 1. The van der Waals surface area contributed by atoms with Crippen LogP contribution >= 0.6 is 0 Å². The largest absolute Gasteiger partial charge is 0.497 e. The second-order valence-corrected chi connectivity index (χ2v) is 12.0. The molecule has 0 bridgehead atoms. The van der Waals surface area contributed by atoms with Gasteiger partial charge in [0.05, 0.1) is 34.4 Å². The van der Waals surface area contributed by atoms with E-state index in [9.17, 15) is 26.9 Å². The summed E-state index contributed by atoms with van der Waals surface area (Å²) in [4.78, 5) is 10.8. The van der Waals surface area contributed by atoms with Crippen LogP contribution in [0.3, 0.4) is 0 Å². The lowest BCUT2D eigenvalue weighted by Gasteiger charge is -2.23. The van der Waals surface area contributed by atoms with Gasteiger partial charge in [0.25, 0.3) is 15.7 Å². The minimum absolute atomic E-state index is 0.0157. The zero-order valence-corrected chi connectivity index (χ0v) is 21.6. The molecule has 3 aromatic rings. The van der Waals surface area contributed by atoms with E-state index in [1.165, 1.54) is 56.5 Å². The van der Waals surface area contributed by atoms with Crippen molar-refractivity contribution in [3.8, 4) is 5.75 Å².